The Morgan fingerprint density at radius 1 is 1.21 bits per heavy atom. The first-order valence-corrected chi connectivity index (χ1v) is 8.02. The average Bonchev–Trinajstić information content (AvgIpc) is 3.40. The van der Waals surface area contributed by atoms with Crippen molar-refractivity contribution in [2.45, 2.75) is 25.8 Å². The summed E-state index contributed by atoms with van der Waals surface area (Å²) < 4.78 is 1.51. The molecule has 5 heteroatoms. The lowest BCUT2D eigenvalue weighted by atomic mass is 10.1. The molecule has 1 fully saturated rings. The van der Waals surface area contributed by atoms with E-state index in [2.05, 4.69) is 10.3 Å². The molecule has 0 atom stereocenters. The molecule has 0 spiro atoms. The maximum absolute atomic E-state index is 12.8. The minimum Gasteiger partial charge on any atom is -0.349 e. The molecule has 0 unspecified atom stereocenters. The summed E-state index contributed by atoms with van der Waals surface area (Å²) in [6.07, 6.45) is 3.60. The van der Waals surface area contributed by atoms with Crippen LogP contribution in [0.25, 0.3) is 16.6 Å². The van der Waals surface area contributed by atoms with Gasteiger partial charge >= 0.3 is 0 Å². The molecule has 1 aliphatic carbocycles. The number of aromatic nitrogens is 2. The smallest absolute Gasteiger partial charge is 0.265 e. The van der Waals surface area contributed by atoms with Crippen molar-refractivity contribution in [2.75, 3.05) is 0 Å². The standard InChI is InChI=1S/C19H17N3O2/c1-12-6-7-13(18(23)21-14-8-9-14)10-17(12)22-11-20-16-5-3-2-4-15(16)19(22)24/h2-7,10-11,14H,8-9H2,1H3,(H,21,23). The molecule has 1 heterocycles. The van der Waals surface area contributed by atoms with Gasteiger partial charge in [0.2, 0.25) is 0 Å². The summed E-state index contributed by atoms with van der Waals surface area (Å²) in [6.45, 7) is 1.92. The van der Waals surface area contributed by atoms with E-state index in [0.717, 1.165) is 18.4 Å². The lowest BCUT2D eigenvalue weighted by Crippen LogP contribution is -2.26. The van der Waals surface area contributed by atoms with Crippen LogP contribution in [0.15, 0.2) is 53.6 Å². The van der Waals surface area contributed by atoms with Crippen molar-refractivity contribution in [1.29, 1.82) is 0 Å². The van der Waals surface area contributed by atoms with Crippen molar-refractivity contribution < 1.29 is 4.79 Å². The first-order valence-electron chi connectivity index (χ1n) is 8.02. The van der Waals surface area contributed by atoms with Crippen LogP contribution >= 0.6 is 0 Å². The number of carbonyl (C=O) groups is 1. The predicted molar refractivity (Wildman–Crippen MR) is 92.6 cm³/mol. The van der Waals surface area contributed by atoms with Gasteiger partial charge in [0.25, 0.3) is 11.5 Å². The summed E-state index contributed by atoms with van der Waals surface area (Å²) in [4.78, 5) is 29.4. The van der Waals surface area contributed by atoms with Crippen LogP contribution in [0.2, 0.25) is 0 Å². The number of nitrogens with one attached hydrogen (secondary N) is 1. The molecule has 1 amide bonds. The average molecular weight is 319 g/mol. The first-order chi connectivity index (χ1) is 11.6. The largest absolute Gasteiger partial charge is 0.349 e. The van der Waals surface area contributed by atoms with E-state index in [-0.39, 0.29) is 11.5 Å². The summed E-state index contributed by atoms with van der Waals surface area (Å²) in [5.41, 5.74) is 2.68. The molecular weight excluding hydrogens is 302 g/mol. The third-order valence-electron chi connectivity index (χ3n) is 4.31. The molecule has 0 radical (unpaired) electrons. The van der Waals surface area contributed by atoms with Gasteiger partial charge in [0.1, 0.15) is 6.33 Å². The van der Waals surface area contributed by atoms with Crippen molar-refractivity contribution in [3.05, 3.63) is 70.3 Å². The number of carbonyl (C=O) groups excluding carboxylic acids is 1. The van der Waals surface area contributed by atoms with Crippen LogP contribution in [0, 0.1) is 6.92 Å². The van der Waals surface area contributed by atoms with Gasteiger partial charge in [-0.15, -0.1) is 0 Å². The Labute approximate surface area is 139 Å². The molecule has 24 heavy (non-hydrogen) atoms. The Morgan fingerprint density at radius 3 is 2.79 bits per heavy atom. The van der Waals surface area contributed by atoms with Crippen molar-refractivity contribution >= 4 is 16.8 Å². The number of rotatable bonds is 3. The Hall–Kier alpha value is -2.95. The molecule has 120 valence electrons. The molecule has 1 saturated carbocycles. The number of hydrogen-bond donors (Lipinski definition) is 1. The molecule has 1 aromatic heterocycles. The quantitative estimate of drug-likeness (QED) is 0.807. The second kappa shape index (κ2) is 5.60. The third-order valence-corrected chi connectivity index (χ3v) is 4.31. The Morgan fingerprint density at radius 2 is 2.00 bits per heavy atom. The van der Waals surface area contributed by atoms with E-state index in [1.807, 2.05) is 31.2 Å². The summed E-state index contributed by atoms with van der Waals surface area (Å²) in [7, 11) is 0. The van der Waals surface area contributed by atoms with Crippen LogP contribution in [0.1, 0.15) is 28.8 Å². The fraction of sp³-hybridized carbons (Fsp3) is 0.211. The van der Waals surface area contributed by atoms with Crippen molar-refractivity contribution in [3.8, 4) is 5.69 Å². The lowest BCUT2D eigenvalue weighted by molar-refractivity contribution is 0.0951. The summed E-state index contributed by atoms with van der Waals surface area (Å²) in [5, 5.41) is 3.53. The Bertz CT molecular complexity index is 1000. The van der Waals surface area contributed by atoms with E-state index in [1.165, 1.54) is 10.9 Å². The normalized spacial score (nSPS) is 13.9. The van der Waals surface area contributed by atoms with Gasteiger partial charge in [0.05, 0.1) is 16.6 Å². The zero-order valence-corrected chi connectivity index (χ0v) is 13.3. The highest BCUT2D eigenvalue weighted by molar-refractivity contribution is 5.95. The van der Waals surface area contributed by atoms with E-state index in [0.29, 0.717) is 28.2 Å². The molecule has 2 aromatic carbocycles. The first kappa shape index (κ1) is 14.6. The highest BCUT2D eigenvalue weighted by atomic mass is 16.1. The van der Waals surface area contributed by atoms with Gasteiger partial charge in [0, 0.05) is 11.6 Å². The second-order valence-electron chi connectivity index (χ2n) is 6.19. The number of aryl methyl sites for hydroxylation is 1. The van der Waals surface area contributed by atoms with Gasteiger partial charge in [-0.25, -0.2) is 4.98 Å². The molecule has 0 bridgehead atoms. The van der Waals surface area contributed by atoms with Crippen LogP contribution < -0.4 is 10.9 Å². The van der Waals surface area contributed by atoms with Gasteiger partial charge < -0.3 is 5.32 Å². The number of benzene rings is 2. The van der Waals surface area contributed by atoms with Crippen molar-refractivity contribution in [1.82, 2.24) is 14.9 Å². The molecule has 5 nitrogen and oxygen atoms in total. The maximum atomic E-state index is 12.8. The number of amides is 1. The third kappa shape index (κ3) is 2.58. The van der Waals surface area contributed by atoms with E-state index in [1.54, 1.807) is 18.2 Å². The van der Waals surface area contributed by atoms with Gasteiger partial charge in [-0.1, -0.05) is 18.2 Å². The number of hydrogen-bond acceptors (Lipinski definition) is 3. The molecule has 0 saturated heterocycles. The lowest BCUT2D eigenvalue weighted by Gasteiger charge is -2.12. The maximum Gasteiger partial charge on any atom is 0.265 e. The van der Waals surface area contributed by atoms with Gasteiger partial charge in [0.15, 0.2) is 0 Å². The topological polar surface area (TPSA) is 64.0 Å². The molecule has 4 rings (SSSR count). The zero-order chi connectivity index (χ0) is 16.7. The molecule has 0 aliphatic heterocycles. The summed E-state index contributed by atoms with van der Waals surface area (Å²) in [5.74, 6) is -0.0967. The van der Waals surface area contributed by atoms with Crippen LogP contribution in [0.3, 0.4) is 0 Å². The van der Waals surface area contributed by atoms with Crippen LogP contribution in [0.4, 0.5) is 0 Å². The zero-order valence-electron chi connectivity index (χ0n) is 13.3. The highest BCUT2D eigenvalue weighted by Gasteiger charge is 2.24. The van der Waals surface area contributed by atoms with E-state index in [9.17, 15) is 9.59 Å². The van der Waals surface area contributed by atoms with Crippen molar-refractivity contribution in [3.63, 3.8) is 0 Å². The summed E-state index contributed by atoms with van der Waals surface area (Å²) >= 11 is 0. The number of nitrogens with zero attached hydrogens (tertiary/aromatic N) is 2. The van der Waals surface area contributed by atoms with E-state index < -0.39 is 0 Å². The highest BCUT2D eigenvalue weighted by Crippen LogP contribution is 2.21. The van der Waals surface area contributed by atoms with Gasteiger partial charge in [-0.2, -0.15) is 0 Å². The molecular formula is C19H17N3O2. The summed E-state index contributed by atoms with van der Waals surface area (Å²) in [6, 6.07) is 13.0. The minimum atomic E-state index is -0.136. The van der Waals surface area contributed by atoms with Crippen LogP contribution in [0.5, 0.6) is 0 Å². The molecule has 1 N–H and O–H groups in total. The van der Waals surface area contributed by atoms with E-state index >= 15 is 0 Å². The predicted octanol–water partition coefficient (Wildman–Crippen LogP) is 2.59. The van der Waals surface area contributed by atoms with Gasteiger partial charge in [-0.3, -0.25) is 14.2 Å². The number of para-hydroxylation sites is 1. The fourth-order valence-electron chi connectivity index (χ4n) is 2.75. The van der Waals surface area contributed by atoms with Gasteiger partial charge in [-0.05, 0) is 49.6 Å². The Balaban J connectivity index is 1.82. The SMILES string of the molecule is Cc1ccc(C(=O)NC2CC2)cc1-n1cnc2ccccc2c1=O. The minimum absolute atomic E-state index is 0.0967. The van der Waals surface area contributed by atoms with E-state index in [4.69, 9.17) is 0 Å². The number of fused-ring (bicyclic) bond motifs is 1. The Kier molecular flexibility index (Phi) is 3.41. The molecule has 1 aliphatic rings. The van der Waals surface area contributed by atoms with Crippen LogP contribution in [-0.4, -0.2) is 21.5 Å². The van der Waals surface area contributed by atoms with Crippen LogP contribution in [-0.2, 0) is 0 Å². The monoisotopic (exact) mass is 319 g/mol. The fourth-order valence-corrected chi connectivity index (χ4v) is 2.75. The molecule has 3 aromatic rings. The second-order valence-corrected chi connectivity index (χ2v) is 6.19. The van der Waals surface area contributed by atoms with Crippen molar-refractivity contribution in [2.24, 2.45) is 0 Å².